The van der Waals surface area contributed by atoms with Gasteiger partial charge >= 0.3 is 0 Å². The van der Waals surface area contributed by atoms with Crippen LogP contribution in [0.5, 0.6) is 5.75 Å². The van der Waals surface area contributed by atoms with Crippen LogP contribution in [0.15, 0.2) is 41.3 Å². The number of hydrogen-bond acceptors (Lipinski definition) is 6. The molecule has 1 fully saturated rings. The van der Waals surface area contributed by atoms with E-state index in [2.05, 4.69) is 5.32 Å². The predicted octanol–water partition coefficient (Wildman–Crippen LogP) is 2.03. The summed E-state index contributed by atoms with van der Waals surface area (Å²) in [5, 5.41) is 3.21. The van der Waals surface area contributed by atoms with E-state index in [0.29, 0.717) is 29.7 Å². The normalized spacial score (nSPS) is 16.9. The summed E-state index contributed by atoms with van der Waals surface area (Å²) in [6, 6.07) is 9.41. The van der Waals surface area contributed by atoms with Crippen molar-refractivity contribution in [1.29, 1.82) is 0 Å². The van der Waals surface area contributed by atoms with E-state index in [9.17, 15) is 18.0 Å². The number of nitrogens with zero attached hydrogens (tertiary/aromatic N) is 2. The van der Waals surface area contributed by atoms with Crippen molar-refractivity contribution in [2.24, 2.45) is 0 Å². The lowest BCUT2D eigenvalue weighted by molar-refractivity contribution is -0.123. The highest BCUT2D eigenvalue weighted by molar-refractivity contribution is 7.89. The Morgan fingerprint density at radius 1 is 1.16 bits per heavy atom. The van der Waals surface area contributed by atoms with Gasteiger partial charge in [0.1, 0.15) is 12.3 Å². The average Bonchev–Trinajstić information content (AvgIpc) is 2.78. The summed E-state index contributed by atoms with van der Waals surface area (Å²) in [6.07, 6.45) is 0. The van der Waals surface area contributed by atoms with Crippen LogP contribution in [0.4, 0.5) is 11.4 Å². The summed E-state index contributed by atoms with van der Waals surface area (Å²) in [7, 11) is -3.78. The zero-order valence-electron chi connectivity index (χ0n) is 17.3. The second kappa shape index (κ2) is 9.07. The molecule has 0 radical (unpaired) electrons. The van der Waals surface area contributed by atoms with Gasteiger partial charge in [0.05, 0.1) is 23.8 Å². The molecule has 32 heavy (non-hydrogen) atoms. The molecule has 2 aliphatic rings. The highest BCUT2D eigenvalue weighted by Gasteiger charge is 2.32. The molecule has 2 amide bonds. The molecule has 0 spiro atoms. The molecule has 0 saturated carbocycles. The summed E-state index contributed by atoms with van der Waals surface area (Å²) in [4.78, 5) is 26.4. The maximum absolute atomic E-state index is 13.0. The van der Waals surface area contributed by atoms with Crippen molar-refractivity contribution in [2.45, 2.75) is 11.8 Å². The van der Waals surface area contributed by atoms with Gasteiger partial charge in [-0.1, -0.05) is 17.7 Å². The summed E-state index contributed by atoms with van der Waals surface area (Å²) >= 11 is 6.10. The third-order valence-electron chi connectivity index (χ3n) is 5.24. The van der Waals surface area contributed by atoms with Crippen molar-refractivity contribution < 1.29 is 27.5 Å². The fraction of sp³-hybridized carbons (Fsp3) is 0.333. The first-order chi connectivity index (χ1) is 15.3. The standard InChI is InChI=1S/C21H22ClN3O6S/c1-14-2-3-15(10-17(14)22)23-20(26)12-25-18-11-16(4-5-19(18)31-13-21(25)27)32(28,29)24-6-8-30-9-7-24/h2-5,10-11H,6-9,12-13H2,1H3,(H,23,26). The number of benzene rings is 2. The Balaban J connectivity index is 1.58. The molecular formula is C21H22ClN3O6S. The van der Waals surface area contributed by atoms with Gasteiger partial charge in [-0.3, -0.25) is 14.5 Å². The number of hydrogen-bond donors (Lipinski definition) is 1. The lowest BCUT2D eigenvalue weighted by atomic mass is 10.2. The van der Waals surface area contributed by atoms with Crippen molar-refractivity contribution in [1.82, 2.24) is 4.31 Å². The van der Waals surface area contributed by atoms with Crippen LogP contribution in [0.3, 0.4) is 0 Å². The summed E-state index contributed by atoms with van der Waals surface area (Å²) in [5.74, 6) is -0.570. The molecular weight excluding hydrogens is 458 g/mol. The second-order valence-corrected chi connectivity index (χ2v) is 9.77. The van der Waals surface area contributed by atoms with Crippen molar-refractivity contribution in [3.8, 4) is 5.75 Å². The number of fused-ring (bicyclic) bond motifs is 1. The maximum Gasteiger partial charge on any atom is 0.265 e. The van der Waals surface area contributed by atoms with Gasteiger partial charge < -0.3 is 14.8 Å². The van der Waals surface area contributed by atoms with Crippen LogP contribution in [0.2, 0.25) is 5.02 Å². The minimum absolute atomic E-state index is 0.0205. The predicted molar refractivity (Wildman–Crippen MR) is 119 cm³/mol. The van der Waals surface area contributed by atoms with Crippen LogP contribution >= 0.6 is 11.6 Å². The summed E-state index contributed by atoms with van der Waals surface area (Å²) in [6.45, 7) is 2.44. The number of sulfonamides is 1. The van der Waals surface area contributed by atoms with Gasteiger partial charge in [0.15, 0.2) is 6.61 Å². The molecule has 9 nitrogen and oxygen atoms in total. The van der Waals surface area contributed by atoms with Crippen molar-refractivity contribution >= 4 is 44.8 Å². The Labute approximate surface area is 190 Å². The average molecular weight is 480 g/mol. The van der Waals surface area contributed by atoms with E-state index in [1.807, 2.05) is 6.92 Å². The lowest BCUT2D eigenvalue weighted by Crippen LogP contribution is -2.44. The van der Waals surface area contributed by atoms with Gasteiger partial charge in [0.2, 0.25) is 15.9 Å². The Kier molecular flexibility index (Phi) is 6.38. The van der Waals surface area contributed by atoms with Gasteiger partial charge in [-0.25, -0.2) is 8.42 Å². The Morgan fingerprint density at radius 3 is 2.62 bits per heavy atom. The minimum Gasteiger partial charge on any atom is -0.482 e. The van der Waals surface area contributed by atoms with E-state index in [0.717, 1.165) is 5.56 Å². The first kappa shape index (κ1) is 22.5. The number of ether oxygens (including phenoxy) is 2. The number of carbonyl (C=O) groups excluding carboxylic acids is 2. The van der Waals surface area contributed by atoms with Crippen LogP contribution in [0, 0.1) is 6.92 Å². The zero-order valence-corrected chi connectivity index (χ0v) is 18.9. The second-order valence-electron chi connectivity index (χ2n) is 7.43. The third kappa shape index (κ3) is 4.58. The Bertz CT molecular complexity index is 1160. The van der Waals surface area contributed by atoms with Gasteiger partial charge in [-0.15, -0.1) is 0 Å². The highest BCUT2D eigenvalue weighted by Crippen LogP contribution is 2.35. The first-order valence-corrected chi connectivity index (χ1v) is 11.8. The number of aryl methyl sites for hydroxylation is 1. The van der Waals surface area contributed by atoms with Gasteiger partial charge in [0.25, 0.3) is 5.91 Å². The fourth-order valence-electron chi connectivity index (χ4n) is 3.47. The van der Waals surface area contributed by atoms with E-state index < -0.39 is 21.8 Å². The smallest absolute Gasteiger partial charge is 0.265 e. The number of carbonyl (C=O) groups is 2. The first-order valence-electron chi connectivity index (χ1n) is 9.97. The molecule has 0 bridgehead atoms. The monoisotopic (exact) mass is 479 g/mol. The molecule has 4 rings (SSSR count). The zero-order chi connectivity index (χ0) is 22.9. The van der Waals surface area contributed by atoms with E-state index in [4.69, 9.17) is 21.1 Å². The topological polar surface area (TPSA) is 105 Å². The molecule has 2 heterocycles. The molecule has 0 aromatic heterocycles. The van der Waals surface area contributed by atoms with Crippen LogP contribution in [-0.4, -0.2) is 64.0 Å². The molecule has 1 N–H and O–H groups in total. The van der Waals surface area contributed by atoms with Crippen LogP contribution in [0.1, 0.15) is 5.56 Å². The number of morpholine rings is 1. The number of nitrogens with one attached hydrogen (secondary N) is 1. The third-order valence-corrected chi connectivity index (χ3v) is 7.54. The number of amides is 2. The van der Waals surface area contributed by atoms with E-state index >= 15 is 0 Å². The van der Waals surface area contributed by atoms with Crippen molar-refractivity contribution in [2.75, 3.05) is 49.7 Å². The highest BCUT2D eigenvalue weighted by atomic mass is 35.5. The molecule has 11 heteroatoms. The lowest BCUT2D eigenvalue weighted by Gasteiger charge is -2.30. The Hall–Kier alpha value is -2.66. The van der Waals surface area contributed by atoms with Crippen molar-refractivity contribution in [3.63, 3.8) is 0 Å². The van der Waals surface area contributed by atoms with Crippen LogP contribution < -0.4 is 15.0 Å². The molecule has 0 unspecified atom stereocenters. The quantitative estimate of drug-likeness (QED) is 0.703. The maximum atomic E-state index is 13.0. The number of rotatable bonds is 5. The molecule has 1 saturated heterocycles. The largest absolute Gasteiger partial charge is 0.482 e. The molecule has 170 valence electrons. The number of halogens is 1. The number of anilines is 2. The van der Waals surface area contributed by atoms with Gasteiger partial charge in [0, 0.05) is 23.8 Å². The summed E-state index contributed by atoms with van der Waals surface area (Å²) in [5.41, 5.74) is 1.60. The van der Waals surface area contributed by atoms with Gasteiger partial charge in [-0.2, -0.15) is 4.31 Å². The SMILES string of the molecule is Cc1ccc(NC(=O)CN2C(=O)COc3ccc(S(=O)(=O)N4CCOCC4)cc32)cc1Cl. The fourth-order valence-corrected chi connectivity index (χ4v) is 5.08. The molecule has 0 atom stereocenters. The van der Waals surface area contributed by atoms with Crippen LogP contribution in [0.25, 0.3) is 0 Å². The minimum atomic E-state index is -3.78. The van der Waals surface area contributed by atoms with E-state index in [1.54, 1.807) is 18.2 Å². The molecule has 2 aromatic carbocycles. The van der Waals surface area contributed by atoms with E-state index in [-0.39, 0.29) is 36.8 Å². The summed E-state index contributed by atoms with van der Waals surface area (Å²) < 4.78 is 38.0. The molecule has 2 aromatic rings. The Morgan fingerprint density at radius 2 is 1.91 bits per heavy atom. The molecule has 2 aliphatic heterocycles. The van der Waals surface area contributed by atoms with Crippen LogP contribution in [-0.2, 0) is 24.3 Å². The molecule has 0 aliphatic carbocycles. The van der Waals surface area contributed by atoms with Crippen molar-refractivity contribution in [3.05, 3.63) is 47.0 Å². The van der Waals surface area contributed by atoms with E-state index in [1.165, 1.54) is 27.4 Å². The van der Waals surface area contributed by atoms with Gasteiger partial charge in [-0.05, 0) is 42.8 Å².